The monoisotopic (exact) mass is 265 g/mol. The normalized spacial score (nSPS) is 28.3. The second kappa shape index (κ2) is 4.60. The number of ether oxygens (including phenoxy) is 1. The summed E-state index contributed by atoms with van der Waals surface area (Å²) in [5.41, 5.74) is 4.13. The van der Waals surface area contributed by atoms with E-state index in [2.05, 4.69) is 4.99 Å². The number of nitrogens with zero attached hydrogens (tertiary/aromatic N) is 2. The molecule has 1 saturated heterocycles. The molecule has 4 nitrogen and oxygen atoms in total. The molecule has 1 aliphatic heterocycles. The summed E-state index contributed by atoms with van der Waals surface area (Å²) < 4.78 is 43.5. The van der Waals surface area contributed by atoms with Crippen LogP contribution in [0.2, 0.25) is 0 Å². The van der Waals surface area contributed by atoms with E-state index in [-0.39, 0.29) is 31.4 Å². The number of hydrogen-bond donors (Lipinski definition) is 1. The smallest absolute Gasteiger partial charge is 0.375 e. The molecule has 0 bridgehead atoms. The molecule has 2 rings (SSSR count). The molecule has 0 spiro atoms. The number of alkyl halides is 3. The van der Waals surface area contributed by atoms with E-state index in [9.17, 15) is 13.2 Å². The van der Waals surface area contributed by atoms with Crippen LogP contribution in [0.25, 0.3) is 0 Å². The van der Waals surface area contributed by atoms with Crippen molar-refractivity contribution in [3.8, 4) is 0 Å². The number of nitrogens with two attached hydrogens (primary N) is 1. The van der Waals surface area contributed by atoms with Crippen LogP contribution < -0.4 is 5.73 Å². The van der Waals surface area contributed by atoms with Crippen LogP contribution in [0.3, 0.4) is 0 Å². The van der Waals surface area contributed by atoms with Gasteiger partial charge in [-0.05, 0) is 19.8 Å². The lowest BCUT2D eigenvalue weighted by Gasteiger charge is -2.32. The quantitative estimate of drug-likeness (QED) is 0.606. The fourth-order valence-electron chi connectivity index (χ4n) is 2.04. The fourth-order valence-corrected chi connectivity index (χ4v) is 2.04. The lowest BCUT2D eigenvalue weighted by atomic mass is 10.1. The number of halogens is 3. The van der Waals surface area contributed by atoms with Crippen LogP contribution >= 0.6 is 0 Å². The summed E-state index contributed by atoms with van der Waals surface area (Å²) >= 11 is 0. The Hall–Kier alpha value is -0.980. The van der Waals surface area contributed by atoms with Gasteiger partial charge in [0.05, 0.1) is 24.7 Å². The van der Waals surface area contributed by atoms with E-state index in [1.165, 1.54) is 0 Å². The Balaban J connectivity index is 1.93. The predicted molar refractivity (Wildman–Crippen MR) is 61.2 cm³/mol. The first-order valence-electron chi connectivity index (χ1n) is 6.07. The Morgan fingerprint density at radius 1 is 1.50 bits per heavy atom. The van der Waals surface area contributed by atoms with Crippen molar-refractivity contribution in [3.63, 3.8) is 0 Å². The molecule has 0 aromatic heterocycles. The van der Waals surface area contributed by atoms with Gasteiger partial charge in [0, 0.05) is 13.1 Å². The van der Waals surface area contributed by atoms with Gasteiger partial charge in [0.25, 0.3) is 0 Å². The summed E-state index contributed by atoms with van der Waals surface area (Å²) in [7, 11) is 0. The van der Waals surface area contributed by atoms with Gasteiger partial charge >= 0.3 is 6.18 Å². The highest BCUT2D eigenvalue weighted by Gasteiger charge is 2.63. The lowest BCUT2D eigenvalue weighted by molar-refractivity contribution is -0.183. The highest BCUT2D eigenvalue weighted by atomic mass is 19.4. The molecule has 7 heteroatoms. The van der Waals surface area contributed by atoms with E-state index >= 15 is 0 Å². The number of guanidine groups is 1. The average Bonchev–Trinajstić information content (AvgIpc) is 3.06. The lowest BCUT2D eigenvalue weighted by Crippen LogP contribution is -2.48. The van der Waals surface area contributed by atoms with E-state index in [1.807, 2.05) is 6.92 Å². The van der Waals surface area contributed by atoms with Gasteiger partial charge in [0.1, 0.15) is 0 Å². The van der Waals surface area contributed by atoms with E-state index in [4.69, 9.17) is 10.5 Å². The third-order valence-corrected chi connectivity index (χ3v) is 3.56. The fraction of sp³-hybridized carbons (Fsp3) is 0.909. The van der Waals surface area contributed by atoms with Gasteiger partial charge in [-0.25, -0.2) is 0 Å². The van der Waals surface area contributed by atoms with Gasteiger partial charge in [-0.2, -0.15) is 13.2 Å². The second-order valence-corrected chi connectivity index (χ2v) is 5.08. The van der Waals surface area contributed by atoms with Gasteiger partial charge in [0.15, 0.2) is 5.96 Å². The highest BCUT2D eigenvalue weighted by Crippen LogP contribution is 2.57. The van der Waals surface area contributed by atoms with Gasteiger partial charge in [-0.15, -0.1) is 0 Å². The van der Waals surface area contributed by atoms with Crippen molar-refractivity contribution < 1.29 is 17.9 Å². The van der Waals surface area contributed by atoms with Crippen molar-refractivity contribution in [1.82, 2.24) is 4.90 Å². The standard InChI is InChI=1S/C11H18F3N3O/c1-8-6-17(4-5-18-8)9(15)16-7-10(2-3-10)11(12,13)14/h8H,2-7H2,1H3,(H2,15,16). The number of rotatable bonds is 2. The van der Waals surface area contributed by atoms with E-state index in [1.54, 1.807) is 4.90 Å². The third-order valence-electron chi connectivity index (χ3n) is 3.56. The molecule has 0 amide bonds. The van der Waals surface area contributed by atoms with Gasteiger partial charge < -0.3 is 15.4 Å². The Morgan fingerprint density at radius 2 is 2.17 bits per heavy atom. The first kappa shape index (κ1) is 13.5. The minimum atomic E-state index is -4.17. The molecule has 0 radical (unpaired) electrons. The van der Waals surface area contributed by atoms with Crippen molar-refractivity contribution >= 4 is 5.96 Å². The molecule has 2 fully saturated rings. The molecular weight excluding hydrogens is 247 g/mol. The summed E-state index contributed by atoms with van der Waals surface area (Å²) in [6.07, 6.45) is -3.82. The molecule has 1 saturated carbocycles. The number of hydrogen-bond acceptors (Lipinski definition) is 2. The van der Waals surface area contributed by atoms with Gasteiger partial charge in [0.2, 0.25) is 0 Å². The Kier molecular flexibility index (Phi) is 3.44. The maximum atomic E-state index is 12.7. The van der Waals surface area contributed by atoms with Crippen molar-refractivity contribution in [1.29, 1.82) is 0 Å². The summed E-state index contributed by atoms with van der Waals surface area (Å²) in [4.78, 5) is 5.71. The van der Waals surface area contributed by atoms with Crippen molar-refractivity contribution in [2.24, 2.45) is 16.1 Å². The minimum Gasteiger partial charge on any atom is -0.375 e. The van der Waals surface area contributed by atoms with Gasteiger partial charge in [-0.3, -0.25) is 4.99 Å². The molecule has 0 aromatic rings. The Morgan fingerprint density at radius 3 is 2.67 bits per heavy atom. The van der Waals surface area contributed by atoms with Crippen molar-refractivity contribution in [2.75, 3.05) is 26.2 Å². The van der Waals surface area contributed by atoms with Crippen LogP contribution in [0.4, 0.5) is 13.2 Å². The largest absolute Gasteiger partial charge is 0.396 e. The molecule has 104 valence electrons. The second-order valence-electron chi connectivity index (χ2n) is 5.08. The summed E-state index contributed by atoms with van der Waals surface area (Å²) in [6.45, 7) is 3.33. The maximum Gasteiger partial charge on any atom is 0.396 e. The van der Waals surface area contributed by atoms with Crippen LogP contribution in [0.1, 0.15) is 19.8 Å². The summed E-state index contributed by atoms with van der Waals surface area (Å²) in [6, 6.07) is 0. The van der Waals surface area contributed by atoms with Crippen LogP contribution in [0.15, 0.2) is 4.99 Å². The zero-order chi connectivity index (χ0) is 13.4. The first-order chi connectivity index (χ1) is 8.34. The Labute approximate surface area is 104 Å². The van der Waals surface area contributed by atoms with Crippen molar-refractivity contribution in [3.05, 3.63) is 0 Å². The zero-order valence-corrected chi connectivity index (χ0v) is 10.3. The van der Waals surface area contributed by atoms with Crippen LogP contribution in [0.5, 0.6) is 0 Å². The molecule has 0 aromatic carbocycles. The number of aliphatic imine (C=N–C) groups is 1. The van der Waals surface area contributed by atoms with E-state index in [0.29, 0.717) is 19.7 Å². The minimum absolute atomic E-state index is 0.0324. The molecule has 1 aliphatic carbocycles. The molecule has 18 heavy (non-hydrogen) atoms. The molecule has 1 atom stereocenters. The predicted octanol–water partition coefficient (Wildman–Crippen LogP) is 1.36. The molecule has 2 N–H and O–H groups in total. The van der Waals surface area contributed by atoms with Crippen LogP contribution in [-0.2, 0) is 4.74 Å². The topological polar surface area (TPSA) is 50.8 Å². The molecule has 1 unspecified atom stereocenters. The van der Waals surface area contributed by atoms with Crippen LogP contribution in [0, 0.1) is 5.41 Å². The summed E-state index contributed by atoms with van der Waals surface area (Å²) in [5, 5.41) is 0. The van der Waals surface area contributed by atoms with Crippen molar-refractivity contribution in [2.45, 2.75) is 32.0 Å². The SMILES string of the molecule is CC1CN(C(N)=NCC2(C(F)(F)F)CC2)CCO1. The molecule has 1 heterocycles. The number of morpholine rings is 1. The first-order valence-corrected chi connectivity index (χ1v) is 6.07. The highest BCUT2D eigenvalue weighted by molar-refractivity contribution is 5.78. The van der Waals surface area contributed by atoms with E-state index < -0.39 is 11.6 Å². The maximum absolute atomic E-state index is 12.7. The van der Waals surface area contributed by atoms with E-state index in [0.717, 1.165) is 0 Å². The molecular formula is C11H18F3N3O. The molecule has 2 aliphatic rings. The average molecular weight is 265 g/mol. The summed E-state index contributed by atoms with van der Waals surface area (Å²) in [5.74, 6) is 0.195. The zero-order valence-electron chi connectivity index (χ0n) is 10.3. The Bertz CT molecular complexity index is 339. The third kappa shape index (κ3) is 2.71. The van der Waals surface area contributed by atoms with Crippen LogP contribution in [-0.4, -0.2) is 49.4 Å². The van der Waals surface area contributed by atoms with Gasteiger partial charge in [-0.1, -0.05) is 0 Å².